The van der Waals surface area contributed by atoms with Crippen LogP contribution in [0.1, 0.15) is 36.9 Å². The summed E-state index contributed by atoms with van der Waals surface area (Å²) >= 11 is 0. The van der Waals surface area contributed by atoms with Crippen LogP contribution in [-0.2, 0) is 11.2 Å². The van der Waals surface area contributed by atoms with Crippen LogP contribution in [0.5, 0.6) is 0 Å². The fraction of sp³-hybridized carbons (Fsp3) is 0.667. The molecule has 3 atom stereocenters. The van der Waals surface area contributed by atoms with Gasteiger partial charge in [-0.05, 0) is 49.4 Å². The molecule has 0 spiro atoms. The summed E-state index contributed by atoms with van der Waals surface area (Å²) in [6.45, 7) is 6.66. The molecule has 1 heterocycles. The zero-order chi connectivity index (χ0) is 14.7. The van der Waals surface area contributed by atoms with Gasteiger partial charge in [0.05, 0.1) is 6.61 Å². The van der Waals surface area contributed by atoms with Gasteiger partial charge in [-0.25, -0.2) is 0 Å². The number of nitrogens with one attached hydrogen (secondary N) is 1. The maximum Gasteiger partial charge on any atom is 0.0503 e. The summed E-state index contributed by atoms with van der Waals surface area (Å²) in [6.07, 6.45) is 3.66. The Balaban J connectivity index is 1.73. The second-order valence-electron chi connectivity index (χ2n) is 6.51. The van der Waals surface area contributed by atoms with Gasteiger partial charge in [-0.15, -0.1) is 0 Å². The van der Waals surface area contributed by atoms with Crippen LogP contribution in [0.25, 0.3) is 0 Å². The molecule has 1 aliphatic heterocycles. The Morgan fingerprint density at radius 2 is 2.19 bits per heavy atom. The Hall–Kier alpha value is -0.900. The van der Waals surface area contributed by atoms with Crippen molar-refractivity contribution in [1.29, 1.82) is 0 Å². The summed E-state index contributed by atoms with van der Waals surface area (Å²) in [6, 6.07) is 10.1. The fourth-order valence-corrected chi connectivity index (χ4v) is 4.00. The van der Waals surface area contributed by atoms with Gasteiger partial charge in [0.25, 0.3) is 0 Å². The number of likely N-dealkylation sites (tertiary alicyclic amines) is 1. The maximum absolute atomic E-state index is 5.35. The van der Waals surface area contributed by atoms with Crippen molar-refractivity contribution in [1.82, 2.24) is 10.2 Å². The van der Waals surface area contributed by atoms with Gasteiger partial charge in [0.2, 0.25) is 0 Å². The van der Waals surface area contributed by atoms with Gasteiger partial charge in [-0.1, -0.05) is 31.2 Å². The topological polar surface area (TPSA) is 24.5 Å². The highest BCUT2D eigenvalue weighted by atomic mass is 16.5. The number of benzene rings is 1. The molecule has 3 unspecified atom stereocenters. The smallest absolute Gasteiger partial charge is 0.0503 e. The Bertz CT molecular complexity index is 462. The summed E-state index contributed by atoms with van der Waals surface area (Å²) in [4.78, 5) is 2.69. The summed E-state index contributed by atoms with van der Waals surface area (Å²) in [5.74, 6) is 0.713. The van der Waals surface area contributed by atoms with Gasteiger partial charge in [0, 0.05) is 25.7 Å². The van der Waals surface area contributed by atoms with E-state index in [0.717, 1.165) is 13.2 Å². The third-order valence-electron chi connectivity index (χ3n) is 5.01. The maximum atomic E-state index is 5.35. The summed E-state index contributed by atoms with van der Waals surface area (Å²) < 4.78 is 5.35. The molecule has 0 radical (unpaired) electrons. The number of nitrogens with zero attached hydrogens (tertiary/aromatic N) is 1. The molecule has 0 amide bonds. The van der Waals surface area contributed by atoms with Gasteiger partial charge in [-0.3, -0.25) is 4.90 Å². The van der Waals surface area contributed by atoms with Gasteiger partial charge >= 0.3 is 0 Å². The first-order chi connectivity index (χ1) is 10.3. The van der Waals surface area contributed by atoms with E-state index in [1.165, 1.54) is 43.5 Å². The minimum atomic E-state index is 0.502. The van der Waals surface area contributed by atoms with Gasteiger partial charge < -0.3 is 10.1 Å². The molecule has 1 fully saturated rings. The fourth-order valence-electron chi connectivity index (χ4n) is 4.00. The molecule has 116 valence electrons. The normalized spacial score (nSPS) is 29.0. The van der Waals surface area contributed by atoms with Crippen molar-refractivity contribution in [3.63, 3.8) is 0 Å². The second kappa shape index (κ2) is 6.91. The van der Waals surface area contributed by atoms with Crippen LogP contribution in [0.2, 0.25) is 0 Å². The molecule has 3 heteroatoms. The van der Waals surface area contributed by atoms with Crippen molar-refractivity contribution in [2.24, 2.45) is 5.92 Å². The van der Waals surface area contributed by atoms with Gasteiger partial charge in [0.1, 0.15) is 0 Å². The van der Waals surface area contributed by atoms with E-state index >= 15 is 0 Å². The highest BCUT2D eigenvalue weighted by Gasteiger charge is 2.38. The predicted molar refractivity (Wildman–Crippen MR) is 86.5 cm³/mol. The first-order valence-electron chi connectivity index (χ1n) is 8.37. The van der Waals surface area contributed by atoms with Crippen LogP contribution in [0.15, 0.2) is 24.3 Å². The molecule has 21 heavy (non-hydrogen) atoms. The molecule has 1 saturated heterocycles. The first-order valence-corrected chi connectivity index (χ1v) is 8.37. The quantitative estimate of drug-likeness (QED) is 0.871. The predicted octanol–water partition coefficient (Wildman–Crippen LogP) is 2.62. The van der Waals surface area contributed by atoms with Crippen LogP contribution in [0, 0.1) is 5.92 Å². The highest BCUT2D eigenvalue weighted by molar-refractivity contribution is 5.37. The van der Waals surface area contributed by atoms with E-state index in [-0.39, 0.29) is 0 Å². The monoisotopic (exact) mass is 288 g/mol. The molecule has 0 saturated carbocycles. The number of hydrogen-bond donors (Lipinski definition) is 1. The first kappa shape index (κ1) is 15.0. The number of hydrogen-bond acceptors (Lipinski definition) is 3. The molecular formula is C18H28N2O. The number of fused-ring (bicyclic) bond motifs is 1. The Morgan fingerprint density at radius 3 is 3.00 bits per heavy atom. The molecule has 3 rings (SSSR count). The van der Waals surface area contributed by atoms with Crippen molar-refractivity contribution in [3.8, 4) is 0 Å². The Kier molecular flexibility index (Phi) is 4.94. The summed E-state index contributed by atoms with van der Waals surface area (Å²) in [7, 11) is 1.82. The summed E-state index contributed by atoms with van der Waals surface area (Å²) in [5.41, 5.74) is 3.05. The lowest BCUT2D eigenvalue weighted by Crippen LogP contribution is -2.42. The van der Waals surface area contributed by atoms with Crippen molar-refractivity contribution in [3.05, 3.63) is 35.4 Å². The van der Waals surface area contributed by atoms with Gasteiger partial charge in [0.15, 0.2) is 0 Å². The Labute approximate surface area is 128 Å². The molecular weight excluding hydrogens is 260 g/mol. The zero-order valence-corrected chi connectivity index (χ0v) is 13.3. The molecule has 3 nitrogen and oxygen atoms in total. The second-order valence-corrected chi connectivity index (χ2v) is 6.51. The molecule has 0 bridgehead atoms. The van der Waals surface area contributed by atoms with E-state index in [2.05, 4.69) is 41.4 Å². The third-order valence-corrected chi connectivity index (χ3v) is 5.01. The molecule has 1 aliphatic carbocycles. The average molecular weight is 288 g/mol. The minimum absolute atomic E-state index is 0.502. The lowest BCUT2D eigenvalue weighted by Gasteiger charge is -2.30. The molecule has 1 aromatic rings. The van der Waals surface area contributed by atoms with Crippen molar-refractivity contribution in [2.45, 2.75) is 38.3 Å². The SMILES string of the molecule is CCCNC1c2ccccc2CC1N1CCC(COC)C1. The van der Waals surface area contributed by atoms with E-state index in [0.29, 0.717) is 18.0 Å². The van der Waals surface area contributed by atoms with Crippen LogP contribution in [0.3, 0.4) is 0 Å². The van der Waals surface area contributed by atoms with Crippen LogP contribution < -0.4 is 5.32 Å². The molecule has 1 aromatic carbocycles. The van der Waals surface area contributed by atoms with Crippen molar-refractivity contribution in [2.75, 3.05) is 33.4 Å². The standard InChI is InChI=1S/C18H28N2O/c1-3-9-19-18-16-7-5-4-6-15(16)11-17(18)20-10-8-14(12-20)13-21-2/h4-7,14,17-19H,3,8-13H2,1-2H3. The van der Waals surface area contributed by atoms with Crippen LogP contribution in [-0.4, -0.2) is 44.3 Å². The summed E-state index contributed by atoms with van der Waals surface area (Å²) in [5, 5.41) is 3.79. The largest absolute Gasteiger partial charge is 0.384 e. The van der Waals surface area contributed by atoms with Crippen LogP contribution in [0.4, 0.5) is 0 Å². The third kappa shape index (κ3) is 3.15. The number of ether oxygens (including phenoxy) is 1. The van der Waals surface area contributed by atoms with Crippen molar-refractivity contribution < 1.29 is 4.74 Å². The van der Waals surface area contributed by atoms with E-state index in [1.54, 1.807) is 0 Å². The van der Waals surface area contributed by atoms with E-state index in [9.17, 15) is 0 Å². The highest BCUT2D eigenvalue weighted by Crippen LogP contribution is 2.36. The van der Waals surface area contributed by atoms with E-state index in [4.69, 9.17) is 4.74 Å². The molecule has 1 N–H and O–H groups in total. The van der Waals surface area contributed by atoms with Crippen molar-refractivity contribution >= 4 is 0 Å². The molecule has 2 aliphatic rings. The number of rotatable bonds is 6. The lowest BCUT2D eigenvalue weighted by molar-refractivity contribution is 0.141. The van der Waals surface area contributed by atoms with E-state index < -0.39 is 0 Å². The lowest BCUT2D eigenvalue weighted by atomic mass is 10.1. The zero-order valence-electron chi connectivity index (χ0n) is 13.3. The van der Waals surface area contributed by atoms with Crippen LogP contribution >= 0.6 is 0 Å². The number of methoxy groups -OCH3 is 1. The van der Waals surface area contributed by atoms with Gasteiger partial charge in [-0.2, -0.15) is 0 Å². The average Bonchev–Trinajstić information content (AvgIpc) is 3.09. The van der Waals surface area contributed by atoms with E-state index in [1.807, 2.05) is 7.11 Å². The molecule has 0 aromatic heterocycles. The minimum Gasteiger partial charge on any atom is -0.384 e. The Morgan fingerprint density at radius 1 is 1.33 bits per heavy atom.